The van der Waals surface area contributed by atoms with Crippen molar-refractivity contribution in [3.63, 3.8) is 0 Å². The average molecular weight is 502 g/mol. The monoisotopic (exact) mass is 500 g/mol. The lowest BCUT2D eigenvalue weighted by atomic mass is 9.87. The van der Waals surface area contributed by atoms with Crippen LogP contribution in [0.15, 0.2) is 74.7 Å². The highest BCUT2D eigenvalue weighted by molar-refractivity contribution is 9.11. The third-order valence-corrected chi connectivity index (χ3v) is 5.71. The van der Waals surface area contributed by atoms with E-state index in [1.165, 1.54) is 6.21 Å². The first-order valence-electron chi connectivity index (χ1n) is 8.41. The summed E-state index contributed by atoms with van der Waals surface area (Å²) in [5, 5.41) is 13.9. The molecule has 0 aliphatic carbocycles. The number of ether oxygens (including phenoxy) is 1. The molecular weight excluding hydrogens is 488 g/mol. The number of phenolic OH excluding ortho intramolecular Hbond substituents is 1. The van der Waals surface area contributed by atoms with E-state index in [1.54, 1.807) is 12.1 Å². The molecule has 0 saturated heterocycles. The van der Waals surface area contributed by atoms with E-state index in [2.05, 4.69) is 42.4 Å². The summed E-state index contributed by atoms with van der Waals surface area (Å²) in [6.45, 7) is 0. The third-order valence-electron chi connectivity index (χ3n) is 4.39. The Labute approximate surface area is 178 Å². The largest absolute Gasteiger partial charge is 0.507 e. The van der Waals surface area contributed by atoms with Crippen LogP contribution in [-0.4, -0.2) is 17.2 Å². The molecule has 4 rings (SSSR count). The molecule has 0 saturated carbocycles. The van der Waals surface area contributed by atoms with Gasteiger partial charge in [0, 0.05) is 21.2 Å². The van der Waals surface area contributed by atoms with Crippen LogP contribution in [-0.2, 0) is 4.79 Å². The van der Waals surface area contributed by atoms with Gasteiger partial charge in [0.05, 0.1) is 16.6 Å². The fraction of sp³-hybridized carbons (Fsp3) is 0.0476. The maximum absolute atomic E-state index is 13.0. The van der Waals surface area contributed by atoms with E-state index in [-0.39, 0.29) is 11.7 Å². The van der Waals surface area contributed by atoms with Gasteiger partial charge in [0.2, 0.25) is 0 Å². The minimum Gasteiger partial charge on any atom is -0.507 e. The summed E-state index contributed by atoms with van der Waals surface area (Å²) < 4.78 is 7.21. The summed E-state index contributed by atoms with van der Waals surface area (Å²) in [7, 11) is 0. The molecule has 5 nitrogen and oxygen atoms in total. The average Bonchev–Trinajstić information content (AvgIpc) is 2.69. The molecule has 1 heterocycles. The van der Waals surface area contributed by atoms with Crippen molar-refractivity contribution in [2.75, 3.05) is 0 Å². The molecule has 0 spiro atoms. The van der Waals surface area contributed by atoms with Crippen LogP contribution in [0.3, 0.4) is 0 Å². The predicted octanol–water partition coefficient (Wildman–Crippen LogP) is 5.31. The number of amides is 1. The molecule has 0 fully saturated rings. The Morgan fingerprint density at radius 3 is 2.25 bits per heavy atom. The highest BCUT2D eigenvalue weighted by Gasteiger charge is 2.32. The van der Waals surface area contributed by atoms with Gasteiger partial charge in [-0.2, -0.15) is 5.10 Å². The number of fused-ring (bicyclic) bond motifs is 2. The lowest BCUT2D eigenvalue weighted by molar-refractivity contribution is -0.121. The molecule has 1 amide bonds. The summed E-state index contributed by atoms with van der Waals surface area (Å²) in [6, 6.07) is 18.2. The number of carbonyl (C=O) groups excluding carboxylic acids is 1. The molecule has 140 valence electrons. The van der Waals surface area contributed by atoms with Gasteiger partial charge in [-0.25, -0.2) is 5.43 Å². The second-order valence-electron chi connectivity index (χ2n) is 6.17. The fourth-order valence-corrected chi connectivity index (χ4v) is 4.17. The number of rotatable bonds is 3. The molecule has 1 aliphatic heterocycles. The van der Waals surface area contributed by atoms with Crippen molar-refractivity contribution in [1.82, 2.24) is 5.43 Å². The zero-order valence-corrected chi connectivity index (χ0v) is 17.6. The van der Waals surface area contributed by atoms with Gasteiger partial charge in [-0.05, 0) is 40.2 Å². The lowest BCUT2D eigenvalue weighted by Gasteiger charge is -2.26. The van der Waals surface area contributed by atoms with Crippen LogP contribution in [0, 0.1) is 0 Å². The number of para-hydroxylation sites is 2. The van der Waals surface area contributed by atoms with E-state index in [1.807, 2.05) is 48.5 Å². The number of hydrazone groups is 1. The van der Waals surface area contributed by atoms with Crippen LogP contribution < -0.4 is 10.2 Å². The predicted molar refractivity (Wildman–Crippen MR) is 114 cm³/mol. The number of nitrogens with zero attached hydrogens (tertiary/aromatic N) is 1. The number of nitrogens with one attached hydrogen (secondary N) is 1. The van der Waals surface area contributed by atoms with Crippen LogP contribution >= 0.6 is 31.9 Å². The molecule has 3 aromatic rings. The Morgan fingerprint density at radius 1 is 1.00 bits per heavy atom. The van der Waals surface area contributed by atoms with Crippen molar-refractivity contribution in [2.45, 2.75) is 5.92 Å². The quantitative estimate of drug-likeness (QED) is 0.377. The summed E-state index contributed by atoms with van der Waals surface area (Å²) in [5.74, 6) is 0.608. The second kappa shape index (κ2) is 7.77. The van der Waals surface area contributed by atoms with Gasteiger partial charge in [0.25, 0.3) is 5.91 Å². The summed E-state index contributed by atoms with van der Waals surface area (Å²) >= 11 is 6.65. The highest BCUT2D eigenvalue weighted by Crippen LogP contribution is 2.43. The first-order chi connectivity index (χ1) is 13.5. The topological polar surface area (TPSA) is 70.9 Å². The van der Waals surface area contributed by atoms with Gasteiger partial charge in [0.1, 0.15) is 17.2 Å². The van der Waals surface area contributed by atoms with Crippen molar-refractivity contribution in [2.24, 2.45) is 5.10 Å². The number of carbonyl (C=O) groups is 1. The van der Waals surface area contributed by atoms with Crippen LogP contribution in [0.2, 0.25) is 0 Å². The van der Waals surface area contributed by atoms with E-state index in [0.29, 0.717) is 21.5 Å². The minimum atomic E-state index is -0.528. The zero-order chi connectivity index (χ0) is 19.7. The van der Waals surface area contributed by atoms with Crippen molar-refractivity contribution in [3.8, 4) is 17.2 Å². The molecule has 0 bridgehead atoms. The van der Waals surface area contributed by atoms with Gasteiger partial charge < -0.3 is 9.84 Å². The Hall–Kier alpha value is -2.64. The highest BCUT2D eigenvalue weighted by atomic mass is 79.9. The first-order valence-corrected chi connectivity index (χ1v) is 10.00. The molecule has 28 heavy (non-hydrogen) atoms. The molecule has 1 aliphatic rings. The zero-order valence-electron chi connectivity index (χ0n) is 14.4. The number of benzene rings is 3. The summed E-state index contributed by atoms with van der Waals surface area (Å²) in [4.78, 5) is 13.0. The molecule has 0 aromatic heterocycles. The molecule has 7 heteroatoms. The maximum Gasteiger partial charge on any atom is 0.252 e. The van der Waals surface area contributed by atoms with Gasteiger partial charge in [-0.15, -0.1) is 0 Å². The van der Waals surface area contributed by atoms with E-state index in [9.17, 15) is 9.90 Å². The van der Waals surface area contributed by atoms with Crippen molar-refractivity contribution < 1.29 is 14.6 Å². The van der Waals surface area contributed by atoms with Crippen molar-refractivity contribution in [3.05, 3.63) is 86.3 Å². The van der Waals surface area contributed by atoms with Crippen LogP contribution in [0.5, 0.6) is 17.2 Å². The Morgan fingerprint density at radius 2 is 1.61 bits per heavy atom. The van der Waals surface area contributed by atoms with E-state index in [4.69, 9.17) is 4.74 Å². The van der Waals surface area contributed by atoms with Gasteiger partial charge in [-0.3, -0.25) is 4.79 Å². The smallest absolute Gasteiger partial charge is 0.252 e. The van der Waals surface area contributed by atoms with E-state index >= 15 is 0 Å². The first kappa shape index (κ1) is 18.7. The SMILES string of the molecule is O=C(NN=Cc1cc(O)c(Br)cc1Br)C1c2ccccc2Oc2ccccc21. The number of aromatic hydroxyl groups is 1. The molecular formula is C21H14Br2N2O3. The summed E-state index contributed by atoms with van der Waals surface area (Å²) in [6.07, 6.45) is 1.48. The van der Waals surface area contributed by atoms with Crippen LogP contribution in [0.4, 0.5) is 0 Å². The molecule has 2 N–H and O–H groups in total. The van der Waals surface area contributed by atoms with E-state index < -0.39 is 5.92 Å². The van der Waals surface area contributed by atoms with Gasteiger partial charge in [0.15, 0.2) is 0 Å². The van der Waals surface area contributed by atoms with Crippen LogP contribution in [0.25, 0.3) is 0 Å². The maximum atomic E-state index is 13.0. The van der Waals surface area contributed by atoms with Crippen molar-refractivity contribution in [1.29, 1.82) is 0 Å². The fourth-order valence-electron chi connectivity index (χ4n) is 3.08. The number of hydrogen-bond acceptors (Lipinski definition) is 4. The van der Waals surface area contributed by atoms with Gasteiger partial charge in [-0.1, -0.05) is 52.3 Å². The van der Waals surface area contributed by atoms with Crippen molar-refractivity contribution >= 4 is 44.0 Å². The third kappa shape index (κ3) is 3.55. The standard InChI is InChI=1S/C21H14Br2N2O3/c22-15-10-16(23)17(26)9-12(15)11-24-25-21(27)20-13-5-1-3-7-18(13)28-19-8-4-2-6-14(19)20/h1-11,20,26H,(H,25,27). The van der Waals surface area contributed by atoms with Gasteiger partial charge >= 0.3 is 0 Å². The normalized spacial score (nSPS) is 12.9. The number of halogens is 2. The minimum absolute atomic E-state index is 0.0864. The molecule has 3 aromatic carbocycles. The number of hydrogen-bond donors (Lipinski definition) is 2. The molecule has 0 radical (unpaired) electrons. The second-order valence-corrected chi connectivity index (χ2v) is 7.88. The Bertz CT molecular complexity index is 1050. The Kier molecular flexibility index (Phi) is 5.19. The van der Waals surface area contributed by atoms with Crippen LogP contribution in [0.1, 0.15) is 22.6 Å². The molecule has 0 unspecified atom stereocenters. The lowest BCUT2D eigenvalue weighted by Crippen LogP contribution is -2.28. The van der Waals surface area contributed by atoms with E-state index in [0.717, 1.165) is 15.6 Å². The number of phenols is 1. The Balaban J connectivity index is 1.61. The summed E-state index contributed by atoms with van der Waals surface area (Å²) in [5.41, 5.74) is 4.81. The molecule has 0 atom stereocenters.